The van der Waals surface area contributed by atoms with Crippen molar-refractivity contribution in [2.75, 3.05) is 6.54 Å². The molecule has 1 aliphatic rings. The van der Waals surface area contributed by atoms with Gasteiger partial charge in [0.05, 0.1) is 17.7 Å². The summed E-state index contributed by atoms with van der Waals surface area (Å²) in [5.41, 5.74) is 2.48. The summed E-state index contributed by atoms with van der Waals surface area (Å²) in [6.07, 6.45) is 2.83. The minimum Gasteiger partial charge on any atom is -0.347 e. The number of H-pyrrole nitrogens is 1. The molecular weight excluding hydrogens is 114 g/mol. The number of hydrogen-bond donors (Lipinski definition) is 2. The van der Waals surface area contributed by atoms with Crippen molar-refractivity contribution in [3.8, 4) is 0 Å². The topological polar surface area (TPSA) is 40.7 Å². The number of imidazole rings is 1. The largest absolute Gasteiger partial charge is 0.347 e. The lowest BCUT2D eigenvalue weighted by molar-refractivity contribution is 0.627. The van der Waals surface area contributed by atoms with Crippen molar-refractivity contribution in [3.63, 3.8) is 0 Å². The fourth-order valence-electron chi connectivity index (χ4n) is 1.14. The second-order valence-corrected chi connectivity index (χ2v) is 2.25. The van der Waals surface area contributed by atoms with Gasteiger partial charge in [-0.25, -0.2) is 4.98 Å². The van der Waals surface area contributed by atoms with Crippen molar-refractivity contribution in [3.05, 3.63) is 17.7 Å². The Morgan fingerprint density at radius 3 is 3.56 bits per heavy atom. The van der Waals surface area contributed by atoms with Gasteiger partial charge in [-0.3, -0.25) is 0 Å². The lowest BCUT2D eigenvalue weighted by atomic mass is 10.2. The van der Waals surface area contributed by atoms with E-state index in [4.69, 9.17) is 0 Å². The SMILES string of the molecule is [HH].c1nc2c([nH]1)CNCC2. The van der Waals surface area contributed by atoms with E-state index < -0.39 is 0 Å². The first-order chi connectivity index (χ1) is 4.47. The molecule has 2 rings (SSSR count). The van der Waals surface area contributed by atoms with Crippen molar-refractivity contribution in [1.29, 1.82) is 0 Å². The Hall–Kier alpha value is -0.830. The van der Waals surface area contributed by atoms with Gasteiger partial charge in [0.15, 0.2) is 0 Å². The van der Waals surface area contributed by atoms with E-state index in [0.717, 1.165) is 19.5 Å². The molecule has 0 atom stereocenters. The Labute approximate surface area is 55.0 Å². The van der Waals surface area contributed by atoms with Gasteiger partial charge in [-0.05, 0) is 0 Å². The minimum atomic E-state index is 0. The third kappa shape index (κ3) is 0.733. The highest BCUT2D eigenvalue weighted by Gasteiger charge is 2.08. The van der Waals surface area contributed by atoms with Crippen LogP contribution >= 0.6 is 0 Å². The number of rotatable bonds is 0. The highest BCUT2D eigenvalue weighted by molar-refractivity contribution is 5.13. The molecule has 0 fully saturated rings. The number of aromatic nitrogens is 2. The molecule has 0 unspecified atom stereocenters. The fourth-order valence-corrected chi connectivity index (χ4v) is 1.14. The van der Waals surface area contributed by atoms with Crippen molar-refractivity contribution in [1.82, 2.24) is 15.3 Å². The quantitative estimate of drug-likeness (QED) is 0.523. The Bertz CT molecular complexity index is 188. The van der Waals surface area contributed by atoms with Crippen LogP contribution < -0.4 is 5.32 Å². The van der Waals surface area contributed by atoms with Crippen LogP contribution in [-0.4, -0.2) is 16.5 Å². The van der Waals surface area contributed by atoms with Crippen LogP contribution in [-0.2, 0) is 13.0 Å². The van der Waals surface area contributed by atoms with Gasteiger partial charge in [0.1, 0.15) is 0 Å². The van der Waals surface area contributed by atoms with Crippen LogP contribution in [0.15, 0.2) is 6.33 Å². The summed E-state index contributed by atoms with van der Waals surface area (Å²) in [6, 6.07) is 0. The molecule has 1 aliphatic heterocycles. The van der Waals surface area contributed by atoms with Crippen LogP contribution in [0.3, 0.4) is 0 Å². The molecule has 3 nitrogen and oxygen atoms in total. The summed E-state index contributed by atoms with van der Waals surface area (Å²) < 4.78 is 0. The lowest BCUT2D eigenvalue weighted by Gasteiger charge is -2.09. The van der Waals surface area contributed by atoms with Gasteiger partial charge >= 0.3 is 0 Å². The molecule has 9 heavy (non-hydrogen) atoms. The van der Waals surface area contributed by atoms with E-state index in [2.05, 4.69) is 15.3 Å². The summed E-state index contributed by atoms with van der Waals surface area (Å²) in [6.45, 7) is 2.02. The molecular formula is C6H11N3. The average molecular weight is 125 g/mol. The average Bonchev–Trinajstić information content (AvgIpc) is 2.33. The predicted octanol–water partition coefficient (Wildman–Crippen LogP) is 0.301. The highest BCUT2D eigenvalue weighted by Crippen LogP contribution is 2.06. The Kier molecular flexibility index (Phi) is 1.02. The first-order valence-electron chi connectivity index (χ1n) is 3.18. The minimum absolute atomic E-state index is 0. The van der Waals surface area contributed by atoms with Crippen LogP contribution in [0, 0.1) is 0 Å². The number of nitrogens with one attached hydrogen (secondary N) is 2. The Balaban J connectivity index is 0.000000500. The zero-order valence-corrected chi connectivity index (χ0v) is 5.15. The smallest absolute Gasteiger partial charge is 0.0925 e. The number of fused-ring (bicyclic) bond motifs is 1. The zero-order chi connectivity index (χ0) is 6.10. The number of hydrogen-bond acceptors (Lipinski definition) is 2. The van der Waals surface area contributed by atoms with Crippen molar-refractivity contribution in [2.24, 2.45) is 0 Å². The molecule has 50 valence electrons. The van der Waals surface area contributed by atoms with Gasteiger partial charge in [0.25, 0.3) is 0 Å². The summed E-state index contributed by atoms with van der Waals surface area (Å²) >= 11 is 0. The van der Waals surface area contributed by atoms with Crippen LogP contribution in [0.5, 0.6) is 0 Å². The molecule has 0 radical (unpaired) electrons. The Morgan fingerprint density at radius 1 is 1.67 bits per heavy atom. The van der Waals surface area contributed by atoms with Gasteiger partial charge in [-0.15, -0.1) is 0 Å². The summed E-state index contributed by atoms with van der Waals surface area (Å²) in [7, 11) is 0. The second kappa shape index (κ2) is 1.84. The van der Waals surface area contributed by atoms with Crippen molar-refractivity contribution < 1.29 is 1.43 Å². The first-order valence-corrected chi connectivity index (χ1v) is 3.18. The summed E-state index contributed by atoms with van der Waals surface area (Å²) in [4.78, 5) is 7.25. The van der Waals surface area contributed by atoms with Gasteiger partial charge in [0.2, 0.25) is 0 Å². The molecule has 0 saturated heterocycles. The van der Waals surface area contributed by atoms with Crippen molar-refractivity contribution >= 4 is 0 Å². The van der Waals surface area contributed by atoms with Crippen LogP contribution in [0.4, 0.5) is 0 Å². The van der Waals surface area contributed by atoms with Gasteiger partial charge in [-0.2, -0.15) is 0 Å². The number of aromatic amines is 1. The van der Waals surface area contributed by atoms with E-state index in [1.807, 2.05) is 0 Å². The highest BCUT2D eigenvalue weighted by atomic mass is 15.0. The maximum absolute atomic E-state index is 4.16. The van der Waals surface area contributed by atoms with E-state index in [1.165, 1.54) is 11.4 Å². The molecule has 1 aromatic heterocycles. The summed E-state index contributed by atoms with van der Waals surface area (Å²) in [5.74, 6) is 0. The molecule has 3 heteroatoms. The molecule has 0 amide bonds. The maximum Gasteiger partial charge on any atom is 0.0925 e. The van der Waals surface area contributed by atoms with Crippen LogP contribution in [0.2, 0.25) is 0 Å². The molecule has 0 spiro atoms. The van der Waals surface area contributed by atoms with Crippen molar-refractivity contribution in [2.45, 2.75) is 13.0 Å². The number of nitrogens with zero attached hydrogens (tertiary/aromatic N) is 1. The fraction of sp³-hybridized carbons (Fsp3) is 0.500. The molecule has 0 bridgehead atoms. The Morgan fingerprint density at radius 2 is 2.67 bits per heavy atom. The van der Waals surface area contributed by atoms with E-state index >= 15 is 0 Å². The molecule has 2 heterocycles. The normalized spacial score (nSPS) is 17.3. The monoisotopic (exact) mass is 125 g/mol. The maximum atomic E-state index is 4.16. The van der Waals surface area contributed by atoms with E-state index in [-0.39, 0.29) is 1.43 Å². The lowest BCUT2D eigenvalue weighted by Crippen LogP contribution is -2.23. The van der Waals surface area contributed by atoms with Crippen LogP contribution in [0.1, 0.15) is 12.8 Å². The van der Waals surface area contributed by atoms with E-state index in [1.54, 1.807) is 6.33 Å². The van der Waals surface area contributed by atoms with Gasteiger partial charge < -0.3 is 10.3 Å². The molecule has 2 N–H and O–H groups in total. The van der Waals surface area contributed by atoms with Crippen LogP contribution in [0.25, 0.3) is 0 Å². The van der Waals surface area contributed by atoms with E-state index in [0.29, 0.717) is 0 Å². The first kappa shape index (κ1) is 4.99. The zero-order valence-electron chi connectivity index (χ0n) is 5.15. The molecule has 0 aliphatic carbocycles. The standard InChI is InChI=1S/C6H9N3.H2/c1-2-7-3-6-5(1)8-4-9-6;/h4,7H,1-3H2,(H,8,9);1H. The van der Waals surface area contributed by atoms with E-state index in [9.17, 15) is 0 Å². The molecule has 0 saturated carbocycles. The predicted molar refractivity (Wildman–Crippen MR) is 36.1 cm³/mol. The molecule has 1 aromatic rings. The summed E-state index contributed by atoms with van der Waals surface area (Å²) in [5, 5.41) is 3.26. The third-order valence-electron chi connectivity index (χ3n) is 1.65. The second-order valence-electron chi connectivity index (χ2n) is 2.25. The third-order valence-corrected chi connectivity index (χ3v) is 1.65. The van der Waals surface area contributed by atoms with Gasteiger partial charge in [-0.1, -0.05) is 0 Å². The molecule has 0 aromatic carbocycles. The van der Waals surface area contributed by atoms with Gasteiger partial charge in [0, 0.05) is 20.9 Å².